The summed E-state index contributed by atoms with van der Waals surface area (Å²) in [6.07, 6.45) is 2.44. The fourth-order valence-corrected chi connectivity index (χ4v) is 2.72. The van der Waals surface area contributed by atoms with Gasteiger partial charge in [-0.2, -0.15) is 0 Å². The molecule has 0 saturated carbocycles. The third kappa shape index (κ3) is 4.08. The zero-order chi connectivity index (χ0) is 15.4. The van der Waals surface area contributed by atoms with E-state index in [1.165, 1.54) is 6.42 Å². The van der Waals surface area contributed by atoms with E-state index in [0.717, 1.165) is 41.1 Å². The van der Waals surface area contributed by atoms with Crippen LogP contribution in [0.3, 0.4) is 0 Å². The number of rotatable bonds is 7. The van der Waals surface area contributed by atoms with E-state index in [1.807, 2.05) is 26.0 Å². The molecular formula is C16H25N3OS. The van der Waals surface area contributed by atoms with Crippen LogP contribution in [-0.2, 0) is 6.54 Å². The van der Waals surface area contributed by atoms with E-state index in [4.69, 9.17) is 17.0 Å². The van der Waals surface area contributed by atoms with Crippen LogP contribution in [0.1, 0.15) is 26.7 Å². The van der Waals surface area contributed by atoms with Crippen LogP contribution in [0.2, 0.25) is 0 Å². The molecule has 0 radical (unpaired) electrons. The lowest BCUT2D eigenvalue weighted by Crippen LogP contribution is -2.13. The highest BCUT2D eigenvalue weighted by molar-refractivity contribution is 7.71. The molecule has 0 atom stereocenters. The lowest BCUT2D eigenvalue weighted by Gasteiger charge is -2.11. The Morgan fingerprint density at radius 3 is 2.71 bits per heavy atom. The third-order valence-corrected chi connectivity index (χ3v) is 3.69. The minimum absolute atomic E-state index is 0.154. The Morgan fingerprint density at radius 1 is 1.29 bits per heavy atom. The number of imidazole rings is 1. The molecule has 0 fully saturated rings. The number of nitrogens with zero attached hydrogens (tertiary/aromatic N) is 2. The number of fused-ring (bicyclic) bond motifs is 1. The van der Waals surface area contributed by atoms with E-state index in [2.05, 4.69) is 34.6 Å². The number of H-pyrrole nitrogens is 1. The van der Waals surface area contributed by atoms with Crippen molar-refractivity contribution in [1.29, 1.82) is 0 Å². The first-order chi connectivity index (χ1) is 9.99. The van der Waals surface area contributed by atoms with E-state index in [9.17, 15) is 0 Å². The van der Waals surface area contributed by atoms with Gasteiger partial charge in [0, 0.05) is 6.54 Å². The molecular weight excluding hydrogens is 282 g/mol. The molecule has 0 aliphatic carbocycles. The van der Waals surface area contributed by atoms with Gasteiger partial charge in [0.15, 0.2) is 4.77 Å². The van der Waals surface area contributed by atoms with Gasteiger partial charge in [-0.25, -0.2) is 0 Å². The van der Waals surface area contributed by atoms with Crippen LogP contribution in [0.5, 0.6) is 5.75 Å². The van der Waals surface area contributed by atoms with Crippen molar-refractivity contribution >= 4 is 23.3 Å². The number of aromatic amines is 1. The zero-order valence-corrected chi connectivity index (χ0v) is 14.2. The number of aryl methyl sites for hydroxylation is 1. The molecule has 116 valence electrons. The first-order valence-corrected chi connectivity index (χ1v) is 7.93. The van der Waals surface area contributed by atoms with Gasteiger partial charge >= 0.3 is 0 Å². The number of benzene rings is 1. The van der Waals surface area contributed by atoms with Crippen molar-refractivity contribution in [2.45, 2.75) is 39.3 Å². The van der Waals surface area contributed by atoms with E-state index in [-0.39, 0.29) is 6.10 Å². The predicted octanol–water partition coefficient (Wildman–Crippen LogP) is 3.83. The number of unbranched alkanes of at least 4 members (excludes halogenated alkanes) is 1. The van der Waals surface area contributed by atoms with E-state index in [1.54, 1.807) is 0 Å². The molecule has 2 rings (SSSR count). The highest BCUT2D eigenvalue weighted by Crippen LogP contribution is 2.26. The summed E-state index contributed by atoms with van der Waals surface area (Å²) in [5, 5.41) is 0. The summed E-state index contributed by atoms with van der Waals surface area (Å²) in [6.45, 7) is 6.12. The first-order valence-electron chi connectivity index (χ1n) is 7.52. The molecule has 0 saturated heterocycles. The van der Waals surface area contributed by atoms with E-state index < -0.39 is 0 Å². The SMILES string of the molecule is CC(C)Oc1cccc2c1[nH]c(=S)n2CCCCN(C)C. The van der Waals surface area contributed by atoms with Gasteiger partial charge in [0.1, 0.15) is 11.3 Å². The Hall–Kier alpha value is -1.33. The molecule has 1 aromatic carbocycles. The number of ether oxygens (including phenoxy) is 1. The summed E-state index contributed by atoms with van der Waals surface area (Å²) < 4.78 is 8.80. The molecule has 2 aromatic rings. The van der Waals surface area contributed by atoms with Crippen molar-refractivity contribution < 1.29 is 4.74 Å². The van der Waals surface area contributed by atoms with Crippen molar-refractivity contribution in [2.24, 2.45) is 0 Å². The molecule has 0 spiro atoms. The summed E-state index contributed by atoms with van der Waals surface area (Å²) >= 11 is 5.47. The minimum Gasteiger partial charge on any atom is -0.489 e. The molecule has 0 aliphatic rings. The van der Waals surface area contributed by atoms with Crippen LogP contribution in [0.25, 0.3) is 11.0 Å². The van der Waals surface area contributed by atoms with E-state index >= 15 is 0 Å². The van der Waals surface area contributed by atoms with Crippen LogP contribution in [0.15, 0.2) is 18.2 Å². The standard InChI is InChI=1S/C16H25N3OS/c1-12(2)20-14-9-7-8-13-15(14)17-16(21)19(13)11-6-5-10-18(3)4/h7-9,12H,5-6,10-11H2,1-4H3,(H,17,21). The van der Waals surface area contributed by atoms with Gasteiger partial charge in [-0.05, 0) is 71.7 Å². The Bertz CT molecular complexity index is 642. The van der Waals surface area contributed by atoms with Crippen LogP contribution in [0, 0.1) is 4.77 Å². The van der Waals surface area contributed by atoms with Crippen molar-refractivity contribution in [1.82, 2.24) is 14.5 Å². The molecule has 21 heavy (non-hydrogen) atoms. The lowest BCUT2D eigenvalue weighted by atomic mass is 10.2. The van der Waals surface area contributed by atoms with Gasteiger partial charge in [0.05, 0.1) is 11.6 Å². The normalized spacial score (nSPS) is 11.7. The number of nitrogens with one attached hydrogen (secondary N) is 1. The summed E-state index contributed by atoms with van der Waals surface area (Å²) in [4.78, 5) is 5.50. The Balaban J connectivity index is 2.20. The molecule has 1 N–H and O–H groups in total. The maximum atomic E-state index is 5.86. The second-order valence-electron chi connectivity index (χ2n) is 5.91. The topological polar surface area (TPSA) is 33.2 Å². The summed E-state index contributed by atoms with van der Waals surface area (Å²) in [7, 11) is 4.21. The van der Waals surface area contributed by atoms with Gasteiger partial charge in [-0.3, -0.25) is 0 Å². The van der Waals surface area contributed by atoms with Crippen molar-refractivity contribution in [3.8, 4) is 5.75 Å². The van der Waals surface area contributed by atoms with Gasteiger partial charge in [0.2, 0.25) is 0 Å². The Kier molecular flexibility index (Phi) is 5.42. The van der Waals surface area contributed by atoms with Crippen LogP contribution >= 0.6 is 12.2 Å². The first kappa shape index (κ1) is 16.0. The maximum Gasteiger partial charge on any atom is 0.178 e. The van der Waals surface area contributed by atoms with Gasteiger partial charge in [-0.15, -0.1) is 0 Å². The van der Waals surface area contributed by atoms with Crippen LogP contribution in [-0.4, -0.2) is 41.2 Å². The van der Waals surface area contributed by atoms with Gasteiger partial charge in [0.25, 0.3) is 0 Å². The van der Waals surface area contributed by atoms with Crippen molar-refractivity contribution in [3.63, 3.8) is 0 Å². The molecule has 4 nitrogen and oxygen atoms in total. The minimum atomic E-state index is 0.154. The van der Waals surface area contributed by atoms with Crippen LogP contribution in [0.4, 0.5) is 0 Å². The Morgan fingerprint density at radius 2 is 2.05 bits per heavy atom. The predicted molar refractivity (Wildman–Crippen MR) is 90.7 cm³/mol. The molecule has 1 heterocycles. The lowest BCUT2D eigenvalue weighted by molar-refractivity contribution is 0.245. The average Bonchev–Trinajstić information content (AvgIpc) is 2.71. The molecule has 0 aliphatic heterocycles. The van der Waals surface area contributed by atoms with Crippen LogP contribution < -0.4 is 4.74 Å². The average molecular weight is 307 g/mol. The second kappa shape index (κ2) is 7.09. The molecule has 0 unspecified atom stereocenters. The highest BCUT2D eigenvalue weighted by atomic mass is 32.1. The number of hydrogen-bond acceptors (Lipinski definition) is 3. The molecule has 1 aromatic heterocycles. The third-order valence-electron chi connectivity index (χ3n) is 3.37. The molecule has 5 heteroatoms. The summed E-state index contributed by atoms with van der Waals surface area (Å²) in [5.74, 6) is 0.876. The second-order valence-corrected chi connectivity index (χ2v) is 6.30. The maximum absolute atomic E-state index is 5.86. The highest BCUT2D eigenvalue weighted by Gasteiger charge is 2.10. The Labute approximate surface area is 131 Å². The van der Waals surface area contributed by atoms with Gasteiger partial charge in [-0.1, -0.05) is 6.07 Å². The van der Waals surface area contributed by atoms with Crippen molar-refractivity contribution in [3.05, 3.63) is 23.0 Å². The molecule has 0 bridgehead atoms. The largest absolute Gasteiger partial charge is 0.489 e. The fraction of sp³-hybridized carbons (Fsp3) is 0.562. The summed E-state index contributed by atoms with van der Waals surface area (Å²) in [5.41, 5.74) is 2.13. The zero-order valence-electron chi connectivity index (χ0n) is 13.3. The van der Waals surface area contributed by atoms with Crippen molar-refractivity contribution in [2.75, 3.05) is 20.6 Å². The smallest absolute Gasteiger partial charge is 0.178 e. The number of aromatic nitrogens is 2. The number of hydrogen-bond donors (Lipinski definition) is 1. The fourth-order valence-electron chi connectivity index (χ4n) is 2.43. The monoisotopic (exact) mass is 307 g/mol. The van der Waals surface area contributed by atoms with E-state index in [0.29, 0.717) is 0 Å². The number of para-hydroxylation sites is 1. The summed E-state index contributed by atoms with van der Waals surface area (Å²) in [6, 6.07) is 6.11. The molecule has 0 amide bonds. The van der Waals surface area contributed by atoms with Gasteiger partial charge < -0.3 is 19.2 Å². The quantitative estimate of drug-likeness (QED) is 0.623.